The quantitative estimate of drug-likeness (QED) is 0.452. The van der Waals surface area contributed by atoms with Crippen LogP contribution in [0.3, 0.4) is 0 Å². The minimum absolute atomic E-state index is 0.276. The highest BCUT2D eigenvalue weighted by molar-refractivity contribution is 7.80. The van der Waals surface area contributed by atoms with Crippen LogP contribution in [0.4, 0.5) is 0 Å². The standard InChI is InChI=1S/C18H22N2O2S/c1-4-13-20(14-5-2)18(23)19-17(21)12-9-15-7-10-16(11-8-15)22-6-3/h4-5,7-12H,1-2,6,13-14H2,3H3,(H,19,21,23)/b12-9+. The molecule has 122 valence electrons. The van der Waals surface area contributed by atoms with Crippen LogP contribution in [0.25, 0.3) is 6.08 Å². The molecule has 0 aliphatic rings. The van der Waals surface area contributed by atoms with Gasteiger partial charge >= 0.3 is 0 Å². The summed E-state index contributed by atoms with van der Waals surface area (Å²) in [6.07, 6.45) is 6.61. The number of carbonyl (C=O) groups excluding carboxylic acids is 1. The number of rotatable bonds is 8. The highest BCUT2D eigenvalue weighted by Gasteiger charge is 2.08. The van der Waals surface area contributed by atoms with Crippen molar-refractivity contribution in [3.63, 3.8) is 0 Å². The van der Waals surface area contributed by atoms with E-state index in [-0.39, 0.29) is 5.91 Å². The molecule has 4 nitrogen and oxygen atoms in total. The fourth-order valence-electron chi connectivity index (χ4n) is 1.79. The van der Waals surface area contributed by atoms with Gasteiger partial charge in [0.2, 0.25) is 5.91 Å². The maximum Gasteiger partial charge on any atom is 0.250 e. The van der Waals surface area contributed by atoms with Gasteiger partial charge in [-0.15, -0.1) is 13.2 Å². The molecule has 0 saturated carbocycles. The average molecular weight is 330 g/mol. The topological polar surface area (TPSA) is 41.6 Å². The zero-order valence-corrected chi connectivity index (χ0v) is 14.1. The van der Waals surface area contributed by atoms with Crippen molar-refractivity contribution in [2.24, 2.45) is 0 Å². The zero-order chi connectivity index (χ0) is 17.1. The van der Waals surface area contributed by atoms with Crippen molar-refractivity contribution in [2.75, 3.05) is 19.7 Å². The summed E-state index contributed by atoms with van der Waals surface area (Å²) in [7, 11) is 0. The van der Waals surface area contributed by atoms with Gasteiger partial charge in [0, 0.05) is 19.2 Å². The van der Waals surface area contributed by atoms with Gasteiger partial charge in [-0.1, -0.05) is 24.3 Å². The second-order valence-electron chi connectivity index (χ2n) is 4.61. The van der Waals surface area contributed by atoms with Gasteiger partial charge in [-0.2, -0.15) is 0 Å². The molecule has 1 rings (SSSR count). The number of amides is 1. The van der Waals surface area contributed by atoms with E-state index in [1.807, 2.05) is 31.2 Å². The molecule has 0 bridgehead atoms. The Labute approximate surface area is 143 Å². The molecule has 0 atom stereocenters. The minimum Gasteiger partial charge on any atom is -0.494 e. The van der Waals surface area contributed by atoms with Crippen molar-refractivity contribution < 1.29 is 9.53 Å². The van der Waals surface area contributed by atoms with Crippen LogP contribution in [0.2, 0.25) is 0 Å². The molecule has 1 amide bonds. The lowest BCUT2D eigenvalue weighted by Gasteiger charge is -2.21. The lowest BCUT2D eigenvalue weighted by atomic mass is 10.2. The normalized spacial score (nSPS) is 10.1. The molecule has 0 spiro atoms. The largest absolute Gasteiger partial charge is 0.494 e. The molecule has 0 fully saturated rings. The Morgan fingerprint density at radius 2 is 1.87 bits per heavy atom. The van der Waals surface area contributed by atoms with Crippen LogP contribution in [0.5, 0.6) is 5.75 Å². The molecule has 23 heavy (non-hydrogen) atoms. The van der Waals surface area contributed by atoms with E-state index in [2.05, 4.69) is 18.5 Å². The van der Waals surface area contributed by atoms with E-state index in [1.165, 1.54) is 6.08 Å². The Hall–Kier alpha value is -2.40. The number of hydrogen-bond donors (Lipinski definition) is 1. The predicted octanol–water partition coefficient (Wildman–Crippen LogP) is 3.17. The van der Waals surface area contributed by atoms with Crippen molar-refractivity contribution in [2.45, 2.75) is 6.92 Å². The van der Waals surface area contributed by atoms with E-state index in [0.717, 1.165) is 11.3 Å². The summed E-state index contributed by atoms with van der Waals surface area (Å²) in [6.45, 7) is 11.0. The molecule has 0 saturated heterocycles. The van der Waals surface area contributed by atoms with Crippen LogP contribution in [0, 0.1) is 0 Å². The third-order valence-electron chi connectivity index (χ3n) is 2.83. The Morgan fingerprint density at radius 1 is 1.26 bits per heavy atom. The minimum atomic E-state index is -0.276. The van der Waals surface area contributed by atoms with Crippen molar-refractivity contribution in [1.82, 2.24) is 10.2 Å². The Bertz CT molecular complexity index is 569. The summed E-state index contributed by atoms with van der Waals surface area (Å²) in [5.74, 6) is 0.529. The first kappa shape index (κ1) is 18.6. The summed E-state index contributed by atoms with van der Waals surface area (Å²) in [5, 5.41) is 3.02. The van der Waals surface area contributed by atoms with Crippen molar-refractivity contribution in [1.29, 1.82) is 0 Å². The first-order valence-electron chi connectivity index (χ1n) is 7.33. The second-order valence-corrected chi connectivity index (χ2v) is 5.00. The monoisotopic (exact) mass is 330 g/mol. The summed E-state index contributed by atoms with van der Waals surface area (Å²) in [4.78, 5) is 13.7. The molecule has 5 heteroatoms. The van der Waals surface area contributed by atoms with Gasteiger partial charge in [-0.25, -0.2) is 0 Å². The molecule has 0 unspecified atom stereocenters. The first-order chi connectivity index (χ1) is 11.1. The maximum absolute atomic E-state index is 11.9. The number of thiocarbonyl (C=S) groups is 1. The molecule has 0 heterocycles. The third-order valence-corrected chi connectivity index (χ3v) is 3.19. The average Bonchev–Trinajstić information content (AvgIpc) is 2.54. The van der Waals surface area contributed by atoms with Crippen molar-refractivity contribution in [3.8, 4) is 5.75 Å². The number of nitrogens with zero attached hydrogens (tertiary/aromatic N) is 1. The zero-order valence-electron chi connectivity index (χ0n) is 13.3. The fraction of sp³-hybridized carbons (Fsp3) is 0.222. The highest BCUT2D eigenvalue weighted by atomic mass is 32.1. The number of nitrogens with one attached hydrogen (secondary N) is 1. The van der Waals surface area contributed by atoms with E-state index in [1.54, 1.807) is 23.1 Å². The molecular weight excluding hydrogens is 308 g/mol. The van der Waals surface area contributed by atoms with E-state index in [9.17, 15) is 4.79 Å². The predicted molar refractivity (Wildman–Crippen MR) is 99.4 cm³/mol. The molecule has 0 aliphatic heterocycles. The summed E-state index contributed by atoms with van der Waals surface area (Å²) in [6, 6.07) is 7.49. The van der Waals surface area contributed by atoms with Crippen molar-refractivity contribution in [3.05, 3.63) is 61.2 Å². The number of benzene rings is 1. The van der Waals surface area contributed by atoms with Gasteiger partial charge in [-0.05, 0) is 42.9 Å². The Morgan fingerprint density at radius 3 is 2.39 bits per heavy atom. The van der Waals surface area contributed by atoms with Gasteiger partial charge in [0.15, 0.2) is 5.11 Å². The Kier molecular flexibility index (Phi) is 8.39. The SMILES string of the molecule is C=CCN(CC=C)C(=S)NC(=O)/C=C/c1ccc(OCC)cc1. The third kappa shape index (κ3) is 6.93. The van der Waals surface area contributed by atoms with Crippen LogP contribution in [0.15, 0.2) is 55.7 Å². The van der Waals surface area contributed by atoms with Crippen LogP contribution in [-0.2, 0) is 4.79 Å². The molecule has 0 aromatic heterocycles. The van der Waals surface area contributed by atoms with Gasteiger partial charge in [0.1, 0.15) is 5.75 Å². The maximum atomic E-state index is 11.9. The van der Waals surface area contributed by atoms with Crippen LogP contribution in [-0.4, -0.2) is 35.6 Å². The molecule has 1 aromatic carbocycles. The van der Waals surface area contributed by atoms with Crippen molar-refractivity contribution >= 4 is 29.3 Å². The smallest absolute Gasteiger partial charge is 0.250 e. The lowest BCUT2D eigenvalue weighted by Crippen LogP contribution is -2.42. The fourth-order valence-corrected chi connectivity index (χ4v) is 2.04. The molecular formula is C18H22N2O2S. The molecule has 0 radical (unpaired) electrons. The van der Waals surface area contributed by atoms with Crippen LogP contribution in [0.1, 0.15) is 12.5 Å². The summed E-state index contributed by atoms with van der Waals surface area (Å²) < 4.78 is 5.37. The molecule has 1 N–H and O–H groups in total. The van der Waals surface area contributed by atoms with E-state index in [0.29, 0.717) is 24.8 Å². The number of carbonyl (C=O) groups is 1. The van der Waals surface area contributed by atoms with Gasteiger partial charge in [0.05, 0.1) is 6.61 Å². The summed E-state index contributed by atoms with van der Waals surface area (Å²) >= 11 is 5.21. The number of ether oxygens (including phenoxy) is 1. The Balaban J connectivity index is 2.58. The van der Waals surface area contributed by atoms with Crippen LogP contribution >= 0.6 is 12.2 Å². The van der Waals surface area contributed by atoms with Gasteiger partial charge in [-0.3, -0.25) is 10.1 Å². The van der Waals surface area contributed by atoms with E-state index in [4.69, 9.17) is 17.0 Å². The lowest BCUT2D eigenvalue weighted by molar-refractivity contribution is -0.115. The summed E-state index contributed by atoms with van der Waals surface area (Å²) in [5.41, 5.74) is 0.906. The molecule has 1 aromatic rings. The highest BCUT2D eigenvalue weighted by Crippen LogP contribution is 2.12. The van der Waals surface area contributed by atoms with Crippen LogP contribution < -0.4 is 10.1 Å². The first-order valence-corrected chi connectivity index (χ1v) is 7.74. The van der Waals surface area contributed by atoms with E-state index >= 15 is 0 Å². The van der Waals surface area contributed by atoms with Gasteiger partial charge in [0.25, 0.3) is 0 Å². The van der Waals surface area contributed by atoms with Gasteiger partial charge < -0.3 is 9.64 Å². The van der Waals surface area contributed by atoms with E-state index < -0.39 is 0 Å². The molecule has 0 aliphatic carbocycles. The number of hydrogen-bond acceptors (Lipinski definition) is 3. The second kappa shape index (κ2) is 10.3.